The van der Waals surface area contributed by atoms with Gasteiger partial charge in [-0.05, 0) is 29.6 Å². The van der Waals surface area contributed by atoms with E-state index in [-0.39, 0.29) is 0 Å². The number of para-hydroxylation sites is 1. The molecule has 7 rings (SSSR count). The number of hydrogen-bond acceptors (Lipinski definition) is 2. The number of pyridine rings is 1. The van der Waals surface area contributed by atoms with Crippen LogP contribution in [0.2, 0.25) is 0 Å². The lowest BCUT2D eigenvalue weighted by Gasteiger charge is -2.14. The summed E-state index contributed by atoms with van der Waals surface area (Å²) in [6.45, 7) is 0. The van der Waals surface area contributed by atoms with Crippen LogP contribution >= 0.6 is 11.3 Å². The van der Waals surface area contributed by atoms with Crippen LogP contribution in [-0.4, -0.2) is 9.55 Å². The van der Waals surface area contributed by atoms with Crippen molar-refractivity contribution >= 4 is 54.0 Å². The third-order valence-electron chi connectivity index (χ3n) is 6.33. The molecule has 7 aromatic rings. The molecule has 4 aromatic carbocycles. The number of fused-ring (bicyclic) bond motifs is 6. The minimum absolute atomic E-state index is 1.02. The molecule has 0 radical (unpaired) electrons. The van der Waals surface area contributed by atoms with E-state index < -0.39 is 0 Å². The fourth-order valence-corrected chi connectivity index (χ4v) is 5.75. The maximum Gasteiger partial charge on any atom is 0.0781 e. The van der Waals surface area contributed by atoms with E-state index >= 15 is 0 Å². The fourth-order valence-electron chi connectivity index (χ4n) is 4.95. The number of nitrogens with zero attached hydrogens (tertiary/aromatic N) is 2. The van der Waals surface area contributed by atoms with Crippen LogP contribution in [0.25, 0.3) is 59.6 Å². The van der Waals surface area contributed by atoms with E-state index in [4.69, 9.17) is 4.98 Å². The van der Waals surface area contributed by atoms with Gasteiger partial charge in [-0.3, -0.25) is 4.98 Å². The Morgan fingerprint density at radius 3 is 2.22 bits per heavy atom. The molecule has 0 atom stereocenters. The number of benzene rings is 4. The SMILES string of the molecule is c1ccc(-c2ncc(-n3c4ccccc4c4c5ccsc5ccc43)c3ccccc23)cc1. The first-order valence-electron chi connectivity index (χ1n) is 10.7. The van der Waals surface area contributed by atoms with E-state index in [1.54, 1.807) is 11.3 Å². The summed E-state index contributed by atoms with van der Waals surface area (Å²) in [5.74, 6) is 0. The van der Waals surface area contributed by atoms with E-state index in [2.05, 4.69) is 101 Å². The number of rotatable bonds is 2. The minimum atomic E-state index is 1.02. The van der Waals surface area contributed by atoms with Gasteiger partial charge >= 0.3 is 0 Å². The van der Waals surface area contributed by atoms with Crippen molar-refractivity contribution in [2.24, 2.45) is 0 Å². The quantitative estimate of drug-likeness (QED) is 0.272. The maximum atomic E-state index is 4.98. The van der Waals surface area contributed by atoms with Crippen molar-refractivity contribution in [1.82, 2.24) is 9.55 Å². The molecule has 0 saturated carbocycles. The Balaban J connectivity index is 1.63. The second-order valence-electron chi connectivity index (χ2n) is 8.05. The third kappa shape index (κ3) is 2.43. The molecule has 3 heteroatoms. The van der Waals surface area contributed by atoms with Crippen LogP contribution in [0.3, 0.4) is 0 Å². The fraction of sp³-hybridized carbons (Fsp3) is 0. The van der Waals surface area contributed by atoms with Crippen molar-refractivity contribution < 1.29 is 0 Å². The van der Waals surface area contributed by atoms with Crippen molar-refractivity contribution in [2.45, 2.75) is 0 Å². The zero-order valence-corrected chi connectivity index (χ0v) is 18.0. The molecule has 2 nitrogen and oxygen atoms in total. The van der Waals surface area contributed by atoms with Crippen LogP contribution in [0.4, 0.5) is 0 Å². The van der Waals surface area contributed by atoms with E-state index in [0.717, 1.165) is 16.9 Å². The topological polar surface area (TPSA) is 17.8 Å². The van der Waals surface area contributed by atoms with E-state index in [9.17, 15) is 0 Å². The summed E-state index contributed by atoms with van der Waals surface area (Å²) >= 11 is 1.80. The second-order valence-corrected chi connectivity index (χ2v) is 9.00. The van der Waals surface area contributed by atoms with Crippen LogP contribution in [0.5, 0.6) is 0 Å². The number of thiophene rings is 1. The maximum absolute atomic E-state index is 4.98. The first-order valence-corrected chi connectivity index (χ1v) is 11.6. The molecule has 0 aliphatic rings. The molecule has 3 heterocycles. The van der Waals surface area contributed by atoms with Crippen molar-refractivity contribution in [3.63, 3.8) is 0 Å². The molecule has 0 spiro atoms. The van der Waals surface area contributed by atoms with Gasteiger partial charge in [-0.1, -0.05) is 72.8 Å². The Morgan fingerprint density at radius 2 is 1.34 bits per heavy atom. The molecule has 0 amide bonds. The molecule has 0 bridgehead atoms. The Bertz CT molecular complexity index is 1770. The van der Waals surface area contributed by atoms with Crippen LogP contribution in [0.1, 0.15) is 0 Å². The Hall–Kier alpha value is -3.95. The molecule has 32 heavy (non-hydrogen) atoms. The van der Waals surface area contributed by atoms with E-state index in [1.807, 2.05) is 12.3 Å². The molecule has 0 saturated heterocycles. The van der Waals surface area contributed by atoms with Gasteiger partial charge in [0.15, 0.2) is 0 Å². The average Bonchev–Trinajstić information content (AvgIpc) is 3.46. The van der Waals surface area contributed by atoms with Gasteiger partial charge in [0.25, 0.3) is 0 Å². The second kappa shape index (κ2) is 6.78. The lowest BCUT2D eigenvalue weighted by atomic mass is 10.0. The summed E-state index contributed by atoms with van der Waals surface area (Å²) in [6, 6.07) is 34.5. The Kier molecular flexibility index (Phi) is 3.75. The normalized spacial score (nSPS) is 11.8. The number of aromatic nitrogens is 2. The van der Waals surface area contributed by atoms with Gasteiger partial charge in [0, 0.05) is 37.2 Å². The highest BCUT2D eigenvalue weighted by Gasteiger charge is 2.18. The molecule has 3 aromatic heterocycles. The van der Waals surface area contributed by atoms with Gasteiger partial charge in [-0.2, -0.15) is 0 Å². The smallest absolute Gasteiger partial charge is 0.0781 e. The zero-order chi connectivity index (χ0) is 21.1. The van der Waals surface area contributed by atoms with Gasteiger partial charge < -0.3 is 4.57 Å². The standard InChI is InChI=1S/C29H18N2S/c1-2-8-19(9-3-1)29-21-11-5-4-10-20(21)26(18-30-29)31-24-13-7-6-12-22(24)28-23-16-17-32-27(23)15-14-25(28)31/h1-18H. The molecule has 150 valence electrons. The summed E-state index contributed by atoms with van der Waals surface area (Å²) in [4.78, 5) is 4.98. The van der Waals surface area contributed by atoms with Crippen molar-refractivity contribution in [3.05, 3.63) is 109 Å². The van der Waals surface area contributed by atoms with Crippen LogP contribution in [0.15, 0.2) is 109 Å². The van der Waals surface area contributed by atoms with Crippen molar-refractivity contribution in [1.29, 1.82) is 0 Å². The van der Waals surface area contributed by atoms with Crippen LogP contribution in [-0.2, 0) is 0 Å². The predicted octanol–water partition coefficient (Wildman–Crippen LogP) is 8.21. The highest BCUT2D eigenvalue weighted by Crippen LogP contribution is 2.40. The lowest BCUT2D eigenvalue weighted by molar-refractivity contribution is 1.17. The average molecular weight is 427 g/mol. The molecular weight excluding hydrogens is 408 g/mol. The van der Waals surface area contributed by atoms with Gasteiger partial charge in [-0.25, -0.2) is 0 Å². The van der Waals surface area contributed by atoms with E-state index in [0.29, 0.717) is 0 Å². The summed E-state index contributed by atoms with van der Waals surface area (Å²) in [6.07, 6.45) is 2.04. The first kappa shape index (κ1) is 17.7. The molecule has 0 N–H and O–H groups in total. The minimum Gasteiger partial charge on any atom is -0.307 e. The number of hydrogen-bond donors (Lipinski definition) is 0. The van der Waals surface area contributed by atoms with E-state index in [1.165, 1.54) is 42.7 Å². The molecule has 0 aliphatic carbocycles. The summed E-state index contributed by atoms with van der Waals surface area (Å²) in [5.41, 5.74) is 5.70. The summed E-state index contributed by atoms with van der Waals surface area (Å²) in [5, 5.41) is 8.47. The third-order valence-corrected chi connectivity index (χ3v) is 7.21. The van der Waals surface area contributed by atoms with Crippen LogP contribution < -0.4 is 0 Å². The summed E-state index contributed by atoms with van der Waals surface area (Å²) in [7, 11) is 0. The van der Waals surface area contributed by atoms with Crippen molar-refractivity contribution in [3.8, 4) is 16.9 Å². The molecule has 0 aliphatic heterocycles. The monoisotopic (exact) mass is 426 g/mol. The van der Waals surface area contributed by atoms with Gasteiger partial charge in [0.05, 0.1) is 28.6 Å². The predicted molar refractivity (Wildman–Crippen MR) is 137 cm³/mol. The van der Waals surface area contributed by atoms with Gasteiger partial charge in [-0.15, -0.1) is 11.3 Å². The lowest BCUT2D eigenvalue weighted by Crippen LogP contribution is -1.98. The highest BCUT2D eigenvalue weighted by atomic mass is 32.1. The largest absolute Gasteiger partial charge is 0.307 e. The van der Waals surface area contributed by atoms with Crippen molar-refractivity contribution in [2.75, 3.05) is 0 Å². The highest BCUT2D eigenvalue weighted by molar-refractivity contribution is 7.17. The zero-order valence-electron chi connectivity index (χ0n) is 17.2. The Labute approximate surface area is 189 Å². The molecule has 0 unspecified atom stereocenters. The molecule has 0 fully saturated rings. The summed E-state index contributed by atoms with van der Waals surface area (Å²) < 4.78 is 3.70. The Morgan fingerprint density at radius 1 is 0.594 bits per heavy atom. The van der Waals surface area contributed by atoms with Gasteiger partial charge in [0.1, 0.15) is 0 Å². The van der Waals surface area contributed by atoms with Crippen LogP contribution in [0, 0.1) is 0 Å². The first-order chi connectivity index (χ1) is 15.9. The molecular formula is C29H18N2S. The van der Waals surface area contributed by atoms with Gasteiger partial charge in [0.2, 0.25) is 0 Å².